The highest BCUT2D eigenvalue weighted by Gasteiger charge is 2.21. The molecular formula is C23H18N2O. The highest BCUT2D eigenvalue weighted by atomic mass is 16.1. The van der Waals surface area contributed by atoms with E-state index < -0.39 is 0 Å². The summed E-state index contributed by atoms with van der Waals surface area (Å²) in [6.45, 7) is 2.84. The van der Waals surface area contributed by atoms with Crippen LogP contribution in [0.5, 0.6) is 0 Å². The lowest BCUT2D eigenvalue weighted by Crippen LogP contribution is -2.13. The molecule has 0 amide bonds. The number of carbonyl (C=O) groups excluding carboxylic acids is 1. The van der Waals surface area contributed by atoms with Crippen molar-refractivity contribution in [2.75, 3.05) is 0 Å². The first-order valence-corrected chi connectivity index (χ1v) is 8.87. The van der Waals surface area contributed by atoms with Crippen LogP contribution in [0.25, 0.3) is 21.8 Å². The summed E-state index contributed by atoms with van der Waals surface area (Å²) in [7, 11) is 0. The van der Waals surface area contributed by atoms with Crippen molar-refractivity contribution >= 4 is 33.3 Å². The first-order chi connectivity index (χ1) is 12.6. The number of aryl methyl sites for hydroxylation is 2. The standard InChI is InChI=1S/C23H18N2O/c1-14-5-7-15(8-6-14)23(26)16-9-10-21-19(13-16)17-3-2-4-18-20(24)11-12-25(21)22(17)18/h2-10,13,24H,11-12H2,1H3. The second-order valence-corrected chi connectivity index (χ2v) is 7.01. The fourth-order valence-electron chi connectivity index (χ4n) is 4.01. The minimum atomic E-state index is 0.0477. The highest BCUT2D eigenvalue weighted by molar-refractivity contribution is 6.19. The number of rotatable bonds is 2. The lowest BCUT2D eigenvalue weighted by molar-refractivity contribution is 0.103. The normalized spacial score (nSPS) is 13.5. The summed E-state index contributed by atoms with van der Waals surface area (Å²) in [6.07, 6.45) is 0.750. The maximum atomic E-state index is 12.9. The predicted molar refractivity (Wildman–Crippen MR) is 106 cm³/mol. The van der Waals surface area contributed by atoms with Crippen molar-refractivity contribution in [2.24, 2.45) is 0 Å². The first kappa shape index (κ1) is 15.1. The predicted octanol–water partition coefficient (Wildman–Crippen LogP) is 5.11. The summed E-state index contributed by atoms with van der Waals surface area (Å²) in [4.78, 5) is 12.9. The van der Waals surface area contributed by atoms with Gasteiger partial charge in [0.15, 0.2) is 5.78 Å². The number of hydrogen-bond acceptors (Lipinski definition) is 2. The molecule has 1 aliphatic heterocycles. The zero-order valence-corrected chi connectivity index (χ0v) is 14.5. The van der Waals surface area contributed by atoms with Crippen molar-refractivity contribution in [3.8, 4) is 0 Å². The summed E-state index contributed by atoms with van der Waals surface area (Å²) in [6, 6.07) is 19.8. The molecule has 0 atom stereocenters. The smallest absolute Gasteiger partial charge is 0.193 e. The fraction of sp³-hybridized carbons (Fsp3) is 0.130. The van der Waals surface area contributed by atoms with E-state index in [0.717, 1.165) is 45.9 Å². The molecule has 3 aromatic carbocycles. The summed E-state index contributed by atoms with van der Waals surface area (Å²) in [5.74, 6) is 0.0477. The van der Waals surface area contributed by atoms with Crippen molar-refractivity contribution in [3.05, 3.63) is 82.9 Å². The van der Waals surface area contributed by atoms with Gasteiger partial charge in [-0.15, -0.1) is 0 Å². The van der Waals surface area contributed by atoms with E-state index in [2.05, 4.69) is 16.7 Å². The van der Waals surface area contributed by atoms with Gasteiger partial charge in [-0.2, -0.15) is 0 Å². The van der Waals surface area contributed by atoms with Crippen LogP contribution in [0, 0.1) is 12.3 Å². The molecule has 0 unspecified atom stereocenters. The Labute approximate surface area is 151 Å². The molecule has 3 heteroatoms. The number of fused-ring (bicyclic) bond motifs is 3. The van der Waals surface area contributed by atoms with Gasteiger partial charge in [-0.25, -0.2) is 0 Å². The quantitative estimate of drug-likeness (QED) is 0.507. The number of carbonyl (C=O) groups is 1. The summed E-state index contributed by atoms with van der Waals surface area (Å²) < 4.78 is 2.29. The molecule has 26 heavy (non-hydrogen) atoms. The van der Waals surface area contributed by atoms with Crippen LogP contribution in [0.15, 0.2) is 60.7 Å². The number of hydrogen-bond donors (Lipinski definition) is 1. The van der Waals surface area contributed by atoms with Crippen LogP contribution in [0.2, 0.25) is 0 Å². The Morgan fingerprint density at radius 1 is 0.962 bits per heavy atom. The Morgan fingerprint density at radius 2 is 1.73 bits per heavy atom. The maximum Gasteiger partial charge on any atom is 0.193 e. The largest absolute Gasteiger partial charge is 0.340 e. The Balaban J connectivity index is 1.74. The van der Waals surface area contributed by atoms with Crippen LogP contribution >= 0.6 is 0 Å². The Morgan fingerprint density at radius 3 is 2.54 bits per heavy atom. The zero-order valence-electron chi connectivity index (χ0n) is 14.5. The molecule has 1 aliphatic rings. The van der Waals surface area contributed by atoms with Gasteiger partial charge in [-0.1, -0.05) is 48.0 Å². The first-order valence-electron chi connectivity index (χ1n) is 8.87. The van der Waals surface area contributed by atoms with E-state index in [-0.39, 0.29) is 5.78 Å². The molecule has 2 heterocycles. The lowest BCUT2D eigenvalue weighted by Gasteiger charge is -2.17. The van der Waals surface area contributed by atoms with E-state index in [4.69, 9.17) is 5.41 Å². The molecule has 0 spiro atoms. The molecule has 1 N–H and O–H groups in total. The van der Waals surface area contributed by atoms with Gasteiger partial charge in [0.2, 0.25) is 0 Å². The SMILES string of the molecule is Cc1ccc(C(=O)c2ccc3c(c2)c2cccc4c2n3CCC4=N)cc1. The average molecular weight is 338 g/mol. The molecule has 4 aromatic rings. The van der Waals surface area contributed by atoms with Crippen molar-refractivity contribution in [3.63, 3.8) is 0 Å². The van der Waals surface area contributed by atoms with Gasteiger partial charge in [0.05, 0.1) is 5.52 Å². The molecule has 1 aromatic heterocycles. The zero-order chi connectivity index (χ0) is 17.8. The Bertz CT molecular complexity index is 1210. The number of benzene rings is 3. The number of aromatic nitrogens is 1. The van der Waals surface area contributed by atoms with Crippen LogP contribution in [0.4, 0.5) is 0 Å². The molecular weight excluding hydrogens is 320 g/mol. The third-order valence-corrected chi connectivity index (χ3v) is 5.37. The van der Waals surface area contributed by atoms with E-state index in [1.807, 2.05) is 55.5 Å². The lowest BCUT2D eigenvalue weighted by atomic mass is 9.99. The molecule has 0 bridgehead atoms. The van der Waals surface area contributed by atoms with Gasteiger partial charge in [-0.05, 0) is 25.1 Å². The fourth-order valence-corrected chi connectivity index (χ4v) is 4.01. The van der Waals surface area contributed by atoms with Gasteiger partial charge < -0.3 is 9.98 Å². The Kier molecular flexibility index (Phi) is 3.13. The molecule has 5 rings (SSSR count). The second-order valence-electron chi connectivity index (χ2n) is 7.01. The molecule has 0 saturated carbocycles. The maximum absolute atomic E-state index is 12.9. The van der Waals surface area contributed by atoms with E-state index >= 15 is 0 Å². The van der Waals surface area contributed by atoms with Crippen molar-refractivity contribution < 1.29 is 4.79 Å². The van der Waals surface area contributed by atoms with E-state index in [0.29, 0.717) is 16.8 Å². The van der Waals surface area contributed by atoms with Crippen LogP contribution in [0.3, 0.4) is 0 Å². The summed E-state index contributed by atoms with van der Waals surface area (Å²) in [5, 5.41) is 10.5. The van der Waals surface area contributed by atoms with Crippen LogP contribution < -0.4 is 0 Å². The van der Waals surface area contributed by atoms with Gasteiger partial charge in [0.25, 0.3) is 0 Å². The number of nitrogens with zero attached hydrogens (tertiary/aromatic N) is 1. The minimum absolute atomic E-state index is 0.0477. The molecule has 3 nitrogen and oxygen atoms in total. The van der Waals surface area contributed by atoms with E-state index in [1.165, 1.54) is 0 Å². The number of para-hydroxylation sites is 1. The van der Waals surface area contributed by atoms with Crippen LogP contribution in [-0.2, 0) is 6.54 Å². The molecule has 126 valence electrons. The van der Waals surface area contributed by atoms with Gasteiger partial charge in [-0.3, -0.25) is 4.79 Å². The topological polar surface area (TPSA) is 45.9 Å². The van der Waals surface area contributed by atoms with Gasteiger partial charge >= 0.3 is 0 Å². The van der Waals surface area contributed by atoms with Gasteiger partial charge in [0, 0.05) is 51.7 Å². The summed E-state index contributed by atoms with van der Waals surface area (Å²) in [5.41, 5.74) is 6.54. The summed E-state index contributed by atoms with van der Waals surface area (Å²) >= 11 is 0. The number of nitrogens with one attached hydrogen (secondary N) is 1. The van der Waals surface area contributed by atoms with Crippen molar-refractivity contribution in [1.29, 1.82) is 5.41 Å². The average Bonchev–Trinajstić information content (AvgIpc) is 2.99. The molecule has 0 saturated heterocycles. The molecule has 0 aliphatic carbocycles. The van der Waals surface area contributed by atoms with E-state index in [9.17, 15) is 4.79 Å². The van der Waals surface area contributed by atoms with Crippen LogP contribution in [0.1, 0.15) is 33.5 Å². The van der Waals surface area contributed by atoms with Crippen molar-refractivity contribution in [2.45, 2.75) is 19.9 Å². The van der Waals surface area contributed by atoms with Crippen LogP contribution in [-0.4, -0.2) is 16.1 Å². The second kappa shape index (κ2) is 5.40. The monoisotopic (exact) mass is 338 g/mol. The third kappa shape index (κ3) is 2.07. The number of ketones is 1. The molecule has 0 fully saturated rings. The highest BCUT2D eigenvalue weighted by Crippen LogP contribution is 2.35. The van der Waals surface area contributed by atoms with E-state index in [1.54, 1.807) is 0 Å². The third-order valence-electron chi connectivity index (χ3n) is 5.37. The van der Waals surface area contributed by atoms with Crippen molar-refractivity contribution in [1.82, 2.24) is 4.57 Å². The molecule has 0 radical (unpaired) electrons. The minimum Gasteiger partial charge on any atom is -0.340 e. The van der Waals surface area contributed by atoms with Gasteiger partial charge in [0.1, 0.15) is 0 Å². The Hall–Kier alpha value is -3.20.